The molecule has 1 aliphatic heterocycles. The van der Waals surface area contributed by atoms with Gasteiger partial charge in [-0.15, -0.1) is 0 Å². The lowest BCUT2D eigenvalue weighted by atomic mass is 10.1. The maximum atomic E-state index is 6.77. The van der Waals surface area contributed by atoms with Crippen LogP contribution in [0.3, 0.4) is 0 Å². The summed E-state index contributed by atoms with van der Waals surface area (Å²) in [4.78, 5) is 0. The van der Waals surface area contributed by atoms with E-state index >= 15 is 0 Å². The summed E-state index contributed by atoms with van der Waals surface area (Å²) in [6.07, 6.45) is 0.764. The van der Waals surface area contributed by atoms with Crippen molar-refractivity contribution < 1.29 is 13.9 Å². The second-order valence-corrected chi connectivity index (χ2v) is 10.4. The summed E-state index contributed by atoms with van der Waals surface area (Å²) in [6, 6.07) is 21.1. The fourth-order valence-electron chi connectivity index (χ4n) is 3.36. The van der Waals surface area contributed by atoms with Crippen molar-refractivity contribution in [2.75, 3.05) is 13.2 Å². The number of hydrogen-bond donors (Lipinski definition) is 1. The van der Waals surface area contributed by atoms with Crippen molar-refractivity contribution in [1.82, 2.24) is 0 Å². The van der Waals surface area contributed by atoms with E-state index in [4.69, 9.17) is 19.6 Å². The lowest BCUT2D eigenvalue weighted by Crippen LogP contribution is -2.49. The molecular formula is C22H31NO3Si. The van der Waals surface area contributed by atoms with Crippen LogP contribution in [0.5, 0.6) is 0 Å². The molecule has 2 aromatic rings. The molecule has 0 radical (unpaired) electrons. The standard InChI is InChI=1S/C22H31NO3Si/c1-22(2,3)24-16-21-20(14-17(15-23)25-21)26-27(18-10-6-4-7-11-18)19-12-8-5-9-13-19/h4-13,17,20-21,27H,14-16,23H2,1-3H3/t17-,20-,21+/m0/s1. The predicted octanol–water partition coefficient (Wildman–Crippen LogP) is 1.84. The Hall–Kier alpha value is -1.50. The molecule has 146 valence electrons. The van der Waals surface area contributed by atoms with Crippen molar-refractivity contribution in [3.8, 4) is 0 Å². The Bertz CT molecular complexity index is 650. The van der Waals surface area contributed by atoms with Crippen molar-refractivity contribution in [3.63, 3.8) is 0 Å². The highest BCUT2D eigenvalue weighted by atomic mass is 28.3. The van der Waals surface area contributed by atoms with Gasteiger partial charge in [0.25, 0.3) is 0 Å². The lowest BCUT2D eigenvalue weighted by Gasteiger charge is -2.28. The zero-order valence-electron chi connectivity index (χ0n) is 16.5. The Morgan fingerprint density at radius 3 is 2.04 bits per heavy atom. The van der Waals surface area contributed by atoms with Gasteiger partial charge in [-0.05, 0) is 31.1 Å². The molecule has 27 heavy (non-hydrogen) atoms. The van der Waals surface area contributed by atoms with Crippen LogP contribution in [0.1, 0.15) is 27.2 Å². The van der Waals surface area contributed by atoms with Gasteiger partial charge in [0.1, 0.15) is 6.10 Å². The van der Waals surface area contributed by atoms with Crippen molar-refractivity contribution in [3.05, 3.63) is 60.7 Å². The minimum Gasteiger partial charge on any atom is -0.405 e. The Labute approximate surface area is 164 Å². The summed E-state index contributed by atoms with van der Waals surface area (Å²) in [5.74, 6) is 0. The second kappa shape index (κ2) is 9.13. The van der Waals surface area contributed by atoms with E-state index in [0.717, 1.165) is 6.42 Å². The second-order valence-electron chi connectivity index (χ2n) is 8.07. The first-order valence-electron chi connectivity index (χ1n) is 9.71. The van der Waals surface area contributed by atoms with Crippen LogP contribution in [0.25, 0.3) is 0 Å². The van der Waals surface area contributed by atoms with Crippen molar-refractivity contribution >= 4 is 19.4 Å². The van der Waals surface area contributed by atoms with Gasteiger partial charge in [-0.25, -0.2) is 0 Å². The quantitative estimate of drug-likeness (QED) is 0.739. The fourth-order valence-corrected chi connectivity index (χ4v) is 5.83. The molecule has 0 bridgehead atoms. The van der Waals surface area contributed by atoms with Crippen molar-refractivity contribution in [1.29, 1.82) is 0 Å². The first-order chi connectivity index (χ1) is 13.0. The first kappa shape index (κ1) is 20.2. The Balaban J connectivity index is 1.80. The molecule has 2 aromatic carbocycles. The van der Waals surface area contributed by atoms with Crippen LogP contribution in [0.4, 0.5) is 0 Å². The van der Waals surface area contributed by atoms with Gasteiger partial charge in [-0.3, -0.25) is 0 Å². The van der Waals surface area contributed by atoms with E-state index in [-0.39, 0.29) is 23.9 Å². The average molecular weight is 386 g/mol. The van der Waals surface area contributed by atoms with E-state index in [1.54, 1.807) is 0 Å². The van der Waals surface area contributed by atoms with Crippen LogP contribution in [0.15, 0.2) is 60.7 Å². The number of ether oxygens (including phenoxy) is 2. The first-order valence-corrected chi connectivity index (χ1v) is 11.3. The van der Waals surface area contributed by atoms with Gasteiger partial charge >= 0.3 is 0 Å². The predicted molar refractivity (Wildman–Crippen MR) is 112 cm³/mol. The molecule has 0 aromatic heterocycles. The van der Waals surface area contributed by atoms with Crippen molar-refractivity contribution in [2.24, 2.45) is 5.73 Å². The van der Waals surface area contributed by atoms with E-state index in [1.165, 1.54) is 10.4 Å². The molecule has 0 saturated carbocycles. The van der Waals surface area contributed by atoms with Gasteiger partial charge in [-0.2, -0.15) is 0 Å². The van der Waals surface area contributed by atoms with Crippen LogP contribution in [0, 0.1) is 0 Å². The van der Waals surface area contributed by atoms with Gasteiger partial charge < -0.3 is 19.6 Å². The summed E-state index contributed by atoms with van der Waals surface area (Å²) in [5.41, 5.74) is 5.68. The molecule has 4 nitrogen and oxygen atoms in total. The normalized spacial score (nSPS) is 23.1. The minimum atomic E-state index is -1.82. The number of hydrogen-bond acceptors (Lipinski definition) is 4. The molecule has 3 atom stereocenters. The minimum absolute atomic E-state index is 0.00187. The van der Waals surface area contributed by atoms with Crippen LogP contribution in [0.2, 0.25) is 0 Å². The summed E-state index contributed by atoms with van der Waals surface area (Å²) in [6.45, 7) is 7.21. The van der Waals surface area contributed by atoms with Gasteiger partial charge in [0.15, 0.2) is 0 Å². The monoisotopic (exact) mass is 385 g/mol. The summed E-state index contributed by atoms with van der Waals surface area (Å²) < 4.78 is 18.9. The Morgan fingerprint density at radius 1 is 1.00 bits per heavy atom. The van der Waals surface area contributed by atoms with Crippen LogP contribution < -0.4 is 16.1 Å². The fraction of sp³-hybridized carbons (Fsp3) is 0.455. The SMILES string of the molecule is CC(C)(C)OC[C@H]1O[C@H](CN)C[C@@H]1O[SiH](c1ccccc1)c1ccccc1. The number of benzene rings is 2. The Kier molecular flexibility index (Phi) is 6.84. The van der Waals surface area contributed by atoms with E-state index < -0.39 is 9.04 Å². The van der Waals surface area contributed by atoms with Gasteiger partial charge in [-0.1, -0.05) is 60.7 Å². The van der Waals surface area contributed by atoms with E-state index in [1.807, 2.05) is 12.1 Å². The third-order valence-corrected chi connectivity index (χ3v) is 7.34. The zero-order chi connectivity index (χ0) is 19.3. The van der Waals surface area contributed by atoms with Gasteiger partial charge in [0.05, 0.1) is 24.4 Å². The molecule has 2 N–H and O–H groups in total. The third kappa shape index (κ3) is 5.73. The molecule has 1 heterocycles. The van der Waals surface area contributed by atoms with Gasteiger partial charge in [0, 0.05) is 13.0 Å². The van der Waals surface area contributed by atoms with Crippen LogP contribution >= 0.6 is 0 Å². The smallest absolute Gasteiger partial charge is 0.240 e. The summed E-state index contributed by atoms with van der Waals surface area (Å²) >= 11 is 0. The molecule has 0 amide bonds. The van der Waals surface area contributed by atoms with Crippen LogP contribution in [-0.4, -0.2) is 46.1 Å². The molecule has 1 saturated heterocycles. The molecular weight excluding hydrogens is 354 g/mol. The summed E-state index contributed by atoms with van der Waals surface area (Å²) in [5, 5.41) is 2.55. The maximum Gasteiger partial charge on any atom is 0.240 e. The molecule has 0 spiro atoms. The lowest BCUT2D eigenvalue weighted by molar-refractivity contribution is -0.0840. The molecule has 3 rings (SSSR count). The van der Waals surface area contributed by atoms with E-state index in [2.05, 4.69) is 69.3 Å². The topological polar surface area (TPSA) is 53.7 Å². The Morgan fingerprint density at radius 2 is 1.56 bits per heavy atom. The van der Waals surface area contributed by atoms with Crippen molar-refractivity contribution in [2.45, 2.75) is 51.1 Å². The highest BCUT2D eigenvalue weighted by Crippen LogP contribution is 2.25. The van der Waals surface area contributed by atoms with Crippen LogP contribution in [-0.2, 0) is 13.9 Å². The van der Waals surface area contributed by atoms with E-state index in [9.17, 15) is 0 Å². The zero-order valence-corrected chi connectivity index (χ0v) is 17.7. The largest absolute Gasteiger partial charge is 0.405 e. The highest BCUT2D eigenvalue weighted by molar-refractivity contribution is 6.80. The number of rotatable bonds is 7. The molecule has 1 fully saturated rings. The molecule has 0 aliphatic carbocycles. The van der Waals surface area contributed by atoms with Gasteiger partial charge in [0.2, 0.25) is 9.04 Å². The average Bonchev–Trinajstić information content (AvgIpc) is 3.07. The highest BCUT2D eigenvalue weighted by Gasteiger charge is 2.38. The molecule has 5 heteroatoms. The summed E-state index contributed by atoms with van der Waals surface area (Å²) in [7, 11) is -1.82. The third-order valence-electron chi connectivity index (χ3n) is 4.74. The van der Waals surface area contributed by atoms with E-state index in [0.29, 0.717) is 13.2 Å². The maximum absolute atomic E-state index is 6.77. The molecule has 0 unspecified atom stereocenters. The molecule has 1 aliphatic rings. The number of nitrogens with two attached hydrogens (primary N) is 1.